The minimum absolute atomic E-state index is 0.0780. The van der Waals surface area contributed by atoms with E-state index in [1.165, 1.54) is 16.0 Å². The molecular formula is C23H27N3O2. The van der Waals surface area contributed by atoms with Crippen LogP contribution in [0.25, 0.3) is 0 Å². The molecule has 0 aromatic heterocycles. The van der Waals surface area contributed by atoms with Crippen LogP contribution in [-0.2, 0) is 22.6 Å². The van der Waals surface area contributed by atoms with Crippen LogP contribution in [-0.4, -0.2) is 53.8 Å². The second-order valence-electron chi connectivity index (χ2n) is 7.61. The van der Waals surface area contributed by atoms with Crippen molar-refractivity contribution in [2.24, 2.45) is 0 Å². The molecule has 0 saturated carbocycles. The van der Waals surface area contributed by atoms with Crippen molar-refractivity contribution >= 4 is 17.5 Å². The summed E-state index contributed by atoms with van der Waals surface area (Å²) in [6.45, 7) is 6.49. The monoisotopic (exact) mass is 377 g/mol. The topological polar surface area (TPSA) is 43.9 Å². The smallest absolute Gasteiger partial charge is 0.251 e. The molecule has 146 valence electrons. The minimum atomic E-state index is -0.322. The van der Waals surface area contributed by atoms with Gasteiger partial charge in [-0.1, -0.05) is 49.4 Å². The highest BCUT2D eigenvalue weighted by atomic mass is 16.2. The van der Waals surface area contributed by atoms with E-state index in [2.05, 4.69) is 41.0 Å². The van der Waals surface area contributed by atoms with Crippen LogP contribution in [0.1, 0.15) is 24.5 Å². The van der Waals surface area contributed by atoms with E-state index < -0.39 is 0 Å². The van der Waals surface area contributed by atoms with Gasteiger partial charge in [0.25, 0.3) is 5.91 Å². The van der Waals surface area contributed by atoms with Crippen LogP contribution in [0.5, 0.6) is 0 Å². The molecule has 2 amide bonds. The zero-order valence-electron chi connectivity index (χ0n) is 16.4. The maximum Gasteiger partial charge on any atom is 0.251 e. The van der Waals surface area contributed by atoms with E-state index in [4.69, 9.17) is 0 Å². The molecule has 2 aliphatic rings. The van der Waals surface area contributed by atoms with Gasteiger partial charge >= 0.3 is 0 Å². The summed E-state index contributed by atoms with van der Waals surface area (Å²) in [5, 5.41) is 0. The zero-order valence-corrected chi connectivity index (χ0v) is 16.4. The lowest BCUT2D eigenvalue weighted by molar-refractivity contribution is -0.123. The number of amides is 2. The molecule has 0 bridgehead atoms. The van der Waals surface area contributed by atoms with Gasteiger partial charge in [0.15, 0.2) is 0 Å². The van der Waals surface area contributed by atoms with E-state index in [9.17, 15) is 9.59 Å². The molecule has 0 N–H and O–H groups in total. The van der Waals surface area contributed by atoms with Crippen molar-refractivity contribution in [1.29, 1.82) is 0 Å². The summed E-state index contributed by atoms with van der Waals surface area (Å²) in [4.78, 5) is 31.5. The molecule has 4 rings (SSSR count). The fourth-order valence-corrected chi connectivity index (χ4v) is 4.13. The van der Waals surface area contributed by atoms with Gasteiger partial charge in [0.05, 0.1) is 18.2 Å². The molecule has 2 aromatic carbocycles. The highest BCUT2D eigenvalue weighted by Gasteiger charge is 2.43. The van der Waals surface area contributed by atoms with E-state index in [1.807, 2.05) is 30.3 Å². The number of anilines is 1. The van der Waals surface area contributed by atoms with Crippen molar-refractivity contribution in [2.75, 3.05) is 31.1 Å². The Morgan fingerprint density at radius 1 is 0.857 bits per heavy atom. The van der Waals surface area contributed by atoms with Crippen LogP contribution < -0.4 is 4.90 Å². The normalized spacial score (nSPS) is 21.5. The lowest BCUT2D eigenvalue weighted by Crippen LogP contribution is -2.52. The Hall–Kier alpha value is -2.50. The van der Waals surface area contributed by atoms with Crippen LogP contribution in [0, 0.1) is 0 Å². The van der Waals surface area contributed by atoms with Crippen molar-refractivity contribution in [3.05, 3.63) is 65.7 Å². The number of piperazine rings is 1. The van der Waals surface area contributed by atoms with Crippen molar-refractivity contribution in [3.63, 3.8) is 0 Å². The fourth-order valence-electron chi connectivity index (χ4n) is 4.13. The summed E-state index contributed by atoms with van der Waals surface area (Å²) >= 11 is 0. The third-order valence-electron chi connectivity index (χ3n) is 5.82. The lowest BCUT2D eigenvalue weighted by atomic mass is 10.1. The maximum atomic E-state index is 13.0. The molecule has 5 nitrogen and oxygen atoms in total. The van der Waals surface area contributed by atoms with Crippen molar-refractivity contribution < 1.29 is 9.59 Å². The van der Waals surface area contributed by atoms with Gasteiger partial charge in [-0.25, -0.2) is 4.90 Å². The Labute approximate surface area is 166 Å². The number of nitrogens with zero attached hydrogens (tertiary/aromatic N) is 3. The molecule has 0 unspecified atom stereocenters. The number of carbonyl (C=O) groups excluding carboxylic acids is 2. The van der Waals surface area contributed by atoms with Gasteiger partial charge in [-0.15, -0.1) is 0 Å². The summed E-state index contributed by atoms with van der Waals surface area (Å²) in [7, 11) is 0. The number of benzene rings is 2. The molecule has 5 heteroatoms. The number of aryl methyl sites for hydroxylation is 1. The Morgan fingerprint density at radius 3 is 2.18 bits per heavy atom. The third kappa shape index (κ3) is 3.86. The summed E-state index contributed by atoms with van der Waals surface area (Å²) in [6.07, 6.45) is 1.23. The molecule has 0 radical (unpaired) electrons. The molecule has 28 heavy (non-hydrogen) atoms. The summed E-state index contributed by atoms with van der Waals surface area (Å²) in [6, 6.07) is 17.9. The van der Waals surface area contributed by atoms with E-state index >= 15 is 0 Å². The largest absolute Gasteiger partial charge is 0.297 e. The highest BCUT2D eigenvalue weighted by Crippen LogP contribution is 2.27. The van der Waals surface area contributed by atoms with Crippen LogP contribution in [0.3, 0.4) is 0 Å². The SMILES string of the molecule is CCc1ccc(N2C(=O)C[C@H](N3CCN(Cc4ccccc4)CC3)C2=O)cc1. The van der Waals surface area contributed by atoms with Gasteiger partial charge in [0, 0.05) is 32.7 Å². The van der Waals surface area contributed by atoms with Crippen LogP contribution in [0.4, 0.5) is 5.69 Å². The summed E-state index contributed by atoms with van der Waals surface area (Å²) in [5.74, 6) is -0.170. The predicted octanol–water partition coefficient (Wildman–Crippen LogP) is 2.70. The average molecular weight is 377 g/mol. The quantitative estimate of drug-likeness (QED) is 0.752. The number of carbonyl (C=O) groups is 2. The fraction of sp³-hybridized carbons (Fsp3) is 0.391. The average Bonchev–Trinajstić information content (AvgIpc) is 3.03. The first-order chi connectivity index (χ1) is 13.7. The molecule has 1 atom stereocenters. The number of rotatable bonds is 5. The van der Waals surface area contributed by atoms with E-state index in [1.54, 1.807) is 0 Å². The number of imide groups is 1. The maximum absolute atomic E-state index is 13.0. The number of hydrogen-bond acceptors (Lipinski definition) is 4. The first-order valence-electron chi connectivity index (χ1n) is 10.1. The zero-order chi connectivity index (χ0) is 19.5. The van der Waals surface area contributed by atoms with Crippen LogP contribution in [0.2, 0.25) is 0 Å². The van der Waals surface area contributed by atoms with Gasteiger partial charge in [0.2, 0.25) is 5.91 Å². The first-order valence-corrected chi connectivity index (χ1v) is 10.1. The molecule has 2 aromatic rings. The van der Waals surface area contributed by atoms with Gasteiger partial charge in [0.1, 0.15) is 0 Å². The van der Waals surface area contributed by atoms with Crippen LogP contribution in [0.15, 0.2) is 54.6 Å². The van der Waals surface area contributed by atoms with Gasteiger partial charge < -0.3 is 0 Å². The molecule has 0 spiro atoms. The van der Waals surface area contributed by atoms with E-state index in [0.29, 0.717) is 5.69 Å². The van der Waals surface area contributed by atoms with Crippen molar-refractivity contribution in [1.82, 2.24) is 9.80 Å². The van der Waals surface area contributed by atoms with E-state index in [0.717, 1.165) is 39.1 Å². The molecule has 2 heterocycles. The summed E-state index contributed by atoms with van der Waals surface area (Å²) < 4.78 is 0. The van der Waals surface area contributed by atoms with Gasteiger partial charge in [-0.2, -0.15) is 0 Å². The molecular weight excluding hydrogens is 350 g/mol. The summed E-state index contributed by atoms with van der Waals surface area (Å²) in [5.41, 5.74) is 3.20. The molecule has 2 fully saturated rings. The molecule has 2 saturated heterocycles. The van der Waals surface area contributed by atoms with Crippen LogP contribution >= 0.6 is 0 Å². The van der Waals surface area contributed by atoms with Gasteiger partial charge in [-0.05, 0) is 29.7 Å². The molecule has 0 aliphatic carbocycles. The van der Waals surface area contributed by atoms with Gasteiger partial charge in [-0.3, -0.25) is 19.4 Å². The second-order valence-corrected chi connectivity index (χ2v) is 7.61. The van der Waals surface area contributed by atoms with E-state index in [-0.39, 0.29) is 24.3 Å². The Morgan fingerprint density at radius 2 is 1.54 bits per heavy atom. The lowest BCUT2D eigenvalue weighted by Gasteiger charge is -2.37. The Bertz CT molecular complexity index is 827. The standard InChI is InChI=1S/C23H27N3O2/c1-2-18-8-10-20(11-9-18)26-22(27)16-21(23(26)28)25-14-12-24(13-15-25)17-19-6-4-3-5-7-19/h3-11,21H,2,12-17H2,1H3/t21-/m0/s1. The van der Waals surface area contributed by atoms with Crippen molar-refractivity contribution in [2.45, 2.75) is 32.4 Å². The Balaban J connectivity index is 1.37. The highest BCUT2D eigenvalue weighted by molar-refractivity contribution is 6.22. The first kappa shape index (κ1) is 18.8. The van der Waals surface area contributed by atoms with Crippen molar-refractivity contribution in [3.8, 4) is 0 Å². The predicted molar refractivity (Wildman–Crippen MR) is 110 cm³/mol. The minimum Gasteiger partial charge on any atom is -0.297 e. The number of hydrogen-bond donors (Lipinski definition) is 0. The Kier molecular flexibility index (Phi) is 5.55. The molecule has 2 aliphatic heterocycles. The third-order valence-corrected chi connectivity index (χ3v) is 5.82. The second kappa shape index (κ2) is 8.25.